The number of hydrogen-bond donors (Lipinski definition) is 2. The highest BCUT2D eigenvalue weighted by Crippen LogP contribution is 2.15. The average Bonchev–Trinajstić information content (AvgIpc) is 2.27. The summed E-state index contributed by atoms with van der Waals surface area (Å²) >= 11 is 3.25. The number of rotatable bonds is 6. The Morgan fingerprint density at radius 3 is 2.28 bits per heavy atom. The zero-order valence-electron chi connectivity index (χ0n) is 10.4. The van der Waals surface area contributed by atoms with Gasteiger partial charge in [0.15, 0.2) is 0 Å². The molecule has 4 nitrogen and oxygen atoms in total. The van der Waals surface area contributed by atoms with Crippen molar-refractivity contribution in [2.75, 3.05) is 6.61 Å². The van der Waals surface area contributed by atoms with Crippen molar-refractivity contribution in [1.82, 2.24) is 4.72 Å². The van der Waals surface area contributed by atoms with Gasteiger partial charge in [0.2, 0.25) is 10.0 Å². The quantitative estimate of drug-likeness (QED) is 0.836. The first-order valence-corrected chi connectivity index (χ1v) is 8.01. The molecule has 102 valence electrons. The van der Waals surface area contributed by atoms with Crippen molar-refractivity contribution in [3.05, 3.63) is 28.7 Å². The summed E-state index contributed by atoms with van der Waals surface area (Å²) in [5.74, 6) is 0.315. The first kappa shape index (κ1) is 15.6. The fraction of sp³-hybridized carbons (Fsp3) is 0.500. The second kappa shape index (κ2) is 6.65. The van der Waals surface area contributed by atoms with Gasteiger partial charge >= 0.3 is 0 Å². The summed E-state index contributed by atoms with van der Waals surface area (Å²) in [6.07, 6.45) is 0.603. The maximum absolute atomic E-state index is 12.1. The topological polar surface area (TPSA) is 66.4 Å². The monoisotopic (exact) mass is 335 g/mol. The van der Waals surface area contributed by atoms with E-state index >= 15 is 0 Å². The van der Waals surface area contributed by atoms with E-state index in [0.29, 0.717) is 12.3 Å². The van der Waals surface area contributed by atoms with Crippen molar-refractivity contribution in [3.63, 3.8) is 0 Å². The Morgan fingerprint density at radius 2 is 1.83 bits per heavy atom. The summed E-state index contributed by atoms with van der Waals surface area (Å²) in [5, 5.41) is 9.19. The normalized spacial score (nSPS) is 13.8. The summed E-state index contributed by atoms with van der Waals surface area (Å²) in [6, 6.07) is 5.95. The van der Waals surface area contributed by atoms with Gasteiger partial charge in [0.1, 0.15) is 0 Å². The molecule has 0 heterocycles. The van der Waals surface area contributed by atoms with Crippen molar-refractivity contribution in [2.45, 2.75) is 31.2 Å². The van der Waals surface area contributed by atoms with Crippen molar-refractivity contribution in [1.29, 1.82) is 0 Å². The second-order valence-electron chi connectivity index (χ2n) is 4.58. The minimum absolute atomic E-state index is 0.200. The third-order valence-electron chi connectivity index (χ3n) is 2.42. The molecular formula is C12H18BrNO3S. The van der Waals surface area contributed by atoms with E-state index in [9.17, 15) is 13.5 Å². The molecule has 0 aliphatic heterocycles. The van der Waals surface area contributed by atoms with Crippen molar-refractivity contribution in [3.8, 4) is 0 Å². The molecule has 1 aromatic rings. The molecule has 6 heteroatoms. The van der Waals surface area contributed by atoms with Crippen LogP contribution in [0.2, 0.25) is 0 Å². The van der Waals surface area contributed by atoms with Crippen molar-refractivity contribution in [2.24, 2.45) is 5.92 Å². The van der Waals surface area contributed by atoms with E-state index < -0.39 is 16.1 Å². The predicted molar refractivity (Wildman–Crippen MR) is 74.8 cm³/mol. The van der Waals surface area contributed by atoms with Crippen LogP contribution in [-0.2, 0) is 10.0 Å². The smallest absolute Gasteiger partial charge is 0.240 e. The van der Waals surface area contributed by atoms with E-state index in [0.717, 1.165) is 4.47 Å². The summed E-state index contributed by atoms with van der Waals surface area (Å²) in [4.78, 5) is 0.202. The maximum atomic E-state index is 12.1. The SMILES string of the molecule is CC(C)CC(CO)NS(=O)(=O)c1ccc(Br)cc1. The average molecular weight is 336 g/mol. The molecule has 0 aliphatic carbocycles. The molecule has 1 rings (SSSR count). The number of nitrogens with one attached hydrogen (secondary N) is 1. The van der Waals surface area contributed by atoms with Gasteiger partial charge in [-0.3, -0.25) is 0 Å². The lowest BCUT2D eigenvalue weighted by atomic mass is 10.1. The number of halogens is 1. The van der Waals surface area contributed by atoms with Gasteiger partial charge in [-0.2, -0.15) is 0 Å². The Hall–Kier alpha value is -0.430. The summed E-state index contributed by atoms with van der Waals surface area (Å²) < 4.78 is 27.5. The van der Waals surface area contributed by atoms with Gasteiger partial charge in [-0.05, 0) is 36.6 Å². The number of aliphatic hydroxyl groups is 1. The van der Waals surface area contributed by atoms with Crippen LogP contribution < -0.4 is 4.72 Å². The molecule has 0 saturated carbocycles. The molecular weight excluding hydrogens is 318 g/mol. The Bertz CT molecular complexity index is 471. The summed E-state index contributed by atoms with van der Waals surface area (Å²) in [6.45, 7) is 3.76. The minimum atomic E-state index is -3.56. The molecule has 0 saturated heterocycles. The first-order valence-electron chi connectivity index (χ1n) is 5.74. The molecule has 0 bridgehead atoms. The molecule has 0 aliphatic rings. The van der Waals surface area contributed by atoms with Crippen LogP contribution in [0.25, 0.3) is 0 Å². The molecule has 0 radical (unpaired) electrons. The van der Waals surface area contributed by atoms with Crippen LogP contribution in [-0.4, -0.2) is 26.2 Å². The van der Waals surface area contributed by atoms with E-state index in [-0.39, 0.29) is 11.5 Å². The number of sulfonamides is 1. The Balaban J connectivity index is 2.83. The molecule has 0 fully saturated rings. The van der Waals surface area contributed by atoms with Gasteiger partial charge in [-0.1, -0.05) is 29.8 Å². The highest BCUT2D eigenvalue weighted by molar-refractivity contribution is 9.10. The lowest BCUT2D eigenvalue weighted by Crippen LogP contribution is -2.38. The van der Waals surface area contributed by atoms with Gasteiger partial charge in [0.25, 0.3) is 0 Å². The van der Waals surface area contributed by atoms with Crippen LogP contribution in [0.3, 0.4) is 0 Å². The highest BCUT2D eigenvalue weighted by Gasteiger charge is 2.20. The zero-order valence-corrected chi connectivity index (χ0v) is 12.8. The first-order chi connectivity index (χ1) is 8.35. The van der Waals surface area contributed by atoms with E-state index in [1.165, 1.54) is 12.1 Å². The largest absolute Gasteiger partial charge is 0.395 e. The third kappa shape index (κ3) is 4.68. The highest BCUT2D eigenvalue weighted by atomic mass is 79.9. The molecule has 1 unspecified atom stereocenters. The number of hydrogen-bond acceptors (Lipinski definition) is 3. The van der Waals surface area contributed by atoms with Crippen LogP contribution in [0.1, 0.15) is 20.3 Å². The molecule has 18 heavy (non-hydrogen) atoms. The van der Waals surface area contributed by atoms with Crippen LogP contribution >= 0.6 is 15.9 Å². The standard InChI is InChI=1S/C12H18BrNO3S/c1-9(2)7-11(8-15)14-18(16,17)12-5-3-10(13)4-6-12/h3-6,9,11,14-15H,7-8H2,1-2H3. The van der Waals surface area contributed by atoms with Crippen LogP contribution in [0.5, 0.6) is 0 Å². The summed E-state index contributed by atoms with van der Waals surface area (Å²) in [5.41, 5.74) is 0. The van der Waals surface area contributed by atoms with Gasteiger partial charge < -0.3 is 5.11 Å². The molecule has 0 amide bonds. The van der Waals surface area contributed by atoms with Crippen molar-refractivity contribution < 1.29 is 13.5 Å². The van der Waals surface area contributed by atoms with Crippen LogP contribution in [0.4, 0.5) is 0 Å². The molecule has 2 N–H and O–H groups in total. The Labute approximate surface area is 117 Å². The molecule has 1 aromatic carbocycles. The van der Waals surface area contributed by atoms with Crippen molar-refractivity contribution >= 4 is 26.0 Å². The van der Waals surface area contributed by atoms with Crippen LogP contribution in [0.15, 0.2) is 33.6 Å². The number of benzene rings is 1. The second-order valence-corrected chi connectivity index (χ2v) is 7.21. The fourth-order valence-electron chi connectivity index (χ4n) is 1.63. The minimum Gasteiger partial charge on any atom is -0.395 e. The van der Waals surface area contributed by atoms with E-state index in [2.05, 4.69) is 20.7 Å². The van der Waals surface area contributed by atoms with Gasteiger partial charge in [0.05, 0.1) is 11.5 Å². The molecule has 0 aromatic heterocycles. The molecule has 1 atom stereocenters. The van der Waals surface area contributed by atoms with E-state index in [1.54, 1.807) is 12.1 Å². The lowest BCUT2D eigenvalue weighted by molar-refractivity contribution is 0.240. The third-order valence-corrected chi connectivity index (χ3v) is 4.49. The van der Waals surface area contributed by atoms with E-state index in [1.807, 2.05) is 13.8 Å². The maximum Gasteiger partial charge on any atom is 0.240 e. The van der Waals surface area contributed by atoms with Crippen LogP contribution in [0, 0.1) is 5.92 Å². The summed E-state index contributed by atoms with van der Waals surface area (Å²) in [7, 11) is -3.56. The van der Waals surface area contributed by atoms with E-state index in [4.69, 9.17) is 0 Å². The zero-order chi connectivity index (χ0) is 13.8. The Kier molecular flexibility index (Phi) is 5.78. The fourth-order valence-corrected chi connectivity index (χ4v) is 3.13. The predicted octanol–water partition coefficient (Wildman–Crippen LogP) is 2.13. The van der Waals surface area contributed by atoms with Gasteiger partial charge in [0, 0.05) is 10.5 Å². The van der Waals surface area contributed by atoms with Gasteiger partial charge in [-0.15, -0.1) is 0 Å². The molecule has 0 spiro atoms. The van der Waals surface area contributed by atoms with Gasteiger partial charge in [-0.25, -0.2) is 13.1 Å². The lowest BCUT2D eigenvalue weighted by Gasteiger charge is -2.18. The number of aliphatic hydroxyl groups excluding tert-OH is 1. The Morgan fingerprint density at radius 1 is 1.28 bits per heavy atom.